The fourth-order valence-corrected chi connectivity index (χ4v) is 6.14. The van der Waals surface area contributed by atoms with Gasteiger partial charge in [-0.05, 0) is 61.6 Å². The summed E-state index contributed by atoms with van der Waals surface area (Å²) in [6, 6.07) is 3.94. The SMILES string of the molecule is CC1=C(N2CCC3(C[C@H]4CC[C@H](C3)N4C[C@H](O)c3ccc(-n4cnnn4)nn3)C2=O)COC1=O. The van der Waals surface area contributed by atoms with E-state index in [0.717, 1.165) is 37.8 Å². The molecule has 3 fully saturated rings. The van der Waals surface area contributed by atoms with Crippen molar-refractivity contribution in [2.24, 2.45) is 5.41 Å². The van der Waals surface area contributed by atoms with Gasteiger partial charge in [-0.25, -0.2) is 4.79 Å². The summed E-state index contributed by atoms with van der Waals surface area (Å²) in [5, 5.41) is 30.1. The fraction of sp³-hybridized carbons (Fsp3) is 0.591. The summed E-state index contributed by atoms with van der Waals surface area (Å²) >= 11 is 0. The molecule has 6 heterocycles. The van der Waals surface area contributed by atoms with Crippen molar-refractivity contribution < 1.29 is 19.4 Å². The van der Waals surface area contributed by atoms with Gasteiger partial charge >= 0.3 is 5.97 Å². The summed E-state index contributed by atoms with van der Waals surface area (Å²) in [6.45, 7) is 3.00. The first-order chi connectivity index (χ1) is 16.4. The smallest absolute Gasteiger partial charge is 0.336 e. The van der Waals surface area contributed by atoms with E-state index in [-0.39, 0.29) is 36.0 Å². The summed E-state index contributed by atoms with van der Waals surface area (Å²) in [7, 11) is 0. The van der Waals surface area contributed by atoms with Crippen LogP contribution < -0.4 is 0 Å². The van der Waals surface area contributed by atoms with E-state index in [9.17, 15) is 14.7 Å². The van der Waals surface area contributed by atoms with Crippen molar-refractivity contribution >= 4 is 11.9 Å². The Morgan fingerprint density at radius 1 is 1.21 bits per heavy atom. The van der Waals surface area contributed by atoms with Gasteiger partial charge in [-0.15, -0.1) is 10.2 Å². The number of rotatable bonds is 5. The predicted molar refractivity (Wildman–Crippen MR) is 115 cm³/mol. The second-order valence-electron chi connectivity index (χ2n) is 9.71. The van der Waals surface area contributed by atoms with Gasteiger partial charge in [0.25, 0.3) is 0 Å². The van der Waals surface area contributed by atoms with Crippen molar-refractivity contribution in [3.05, 3.63) is 35.4 Å². The summed E-state index contributed by atoms with van der Waals surface area (Å²) in [5.41, 5.74) is 1.37. The Bertz CT molecular complexity index is 1130. The molecule has 0 aromatic carbocycles. The number of hydrogen-bond donors (Lipinski definition) is 1. The standard InChI is InChI=1S/C22H26N8O4/c1-13-17(11-34-20(13)32)28-7-6-22(21(28)33)8-14-2-3-15(9-22)29(14)10-18(31)16-4-5-19(25-24-16)30-12-23-26-27-30/h4-5,12,14-15,18,31H,2-3,6-11H2,1H3/t14-,15-,18+/m1/s1. The van der Waals surface area contributed by atoms with Crippen molar-refractivity contribution in [2.45, 2.75) is 57.2 Å². The molecular weight excluding hydrogens is 440 g/mol. The van der Waals surface area contributed by atoms with Crippen LogP contribution in [0, 0.1) is 5.41 Å². The van der Waals surface area contributed by atoms with Crippen LogP contribution in [0.1, 0.15) is 50.8 Å². The number of carbonyl (C=O) groups is 2. The van der Waals surface area contributed by atoms with Crippen LogP contribution in [0.15, 0.2) is 29.7 Å². The Kier molecular flexibility index (Phi) is 4.96. The Morgan fingerprint density at radius 2 is 2.00 bits per heavy atom. The van der Waals surface area contributed by atoms with Crippen LogP contribution in [0.2, 0.25) is 0 Å². The zero-order valence-corrected chi connectivity index (χ0v) is 18.9. The van der Waals surface area contributed by atoms with Gasteiger partial charge in [0.1, 0.15) is 19.0 Å². The summed E-state index contributed by atoms with van der Waals surface area (Å²) < 4.78 is 6.54. The third-order valence-corrected chi connectivity index (χ3v) is 7.92. The number of amides is 1. The highest BCUT2D eigenvalue weighted by Crippen LogP contribution is 2.52. The second kappa shape index (κ2) is 7.91. The minimum absolute atomic E-state index is 0.126. The maximum absolute atomic E-state index is 13.5. The zero-order chi connectivity index (χ0) is 23.4. The Balaban J connectivity index is 1.14. The number of carbonyl (C=O) groups excluding carboxylic acids is 2. The molecule has 2 aromatic rings. The second-order valence-corrected chi connectivity index (χ2v) is 9.71. The molecule has 0 unspecified atom stereocenters. The van der Waals surface area contributed by atoms with Crippen molar-refractivity contribution in [1.82, 2.24) is 40.2 Å². The highest BCUT2D eigenvalue weighted by molar-refractivity contribution is 5.94. The molecule has 34 heavy (non-hydrogen) atoms. The van der Waals surface area contributed by atoms with E-state index >= 15 is 0 Å². The number of nitrogens with zero attached hydrogens (tertiary/aromatic N) is 8. The maximum Gasteiger partial charge on any atom is 0.336 e. The molecule has 3 atom stereocenters. The molecule has 1 spiro atoms. The lowest BCUT2D eigenvalue weighted by atomic mass is 9.73. The zero-order valence-electron chi connectivity index (χ0n) is 18.9. The van der Waals surface area contributed by atoms with Gasteiger partial charge in [0.15, 0.2) is 5.82 Å². The molecule has 0 radical (unpaired) electrons. The monoisotopic (exact) mass is 466 g/mol. The molecule has 0 aliphatic carbocycles. The van der Waals surface area contributed by atoms with E-state index in [1.165, 1.54) is 11.0 Å². The van der Waals surface area contributed by atoms with Gasteiger partial charge in [-0.3, -0.25) is 9.69 Å². The van der Waals surface area contributed by atoms with Gasteiger partial charge in [-0.2, -0.15) is 9.78 Å². The predicted octanol–water partition coefficient (Wildman–Crippen LogP) is 0.162. The summed E-state index contributed by atoms with van der Waals surface area (Å²) in [6.07, 6.45) is 5.02. The minimum Gasteiger partial charge on any atom is -0.456 e. The number of likely N-dealkylation sites (tertiary alicyclic amines) is 1. The molecule has 4 aliphatic heterocycles. The van der Waals surface area contributed by atoms with E-state index < -0.39 is 6.10 Å². The van der Waals surface area contributed by atoms with Crippen molar-refractivity contribution in [1.29, 1.82) is 0 Å². The maximum atomic E-state index is 13.5. The highest BCUT2D eigenvalue weighted by Gasteiger charge is 2.56. The van der Waals surface area contributed by atoms with Crippen molar-refractivity contribution in [3.63, 3.8) is 0 Å². The van der Waals surface area contributed by atoms with E-state index in [1.54, 1.807) is 24.0 Å². The number of cyclic esters (lactones) is 1. The third-order valence-electron chi connectivity index (χ3n) is 7.92. The van der Waals surface area contributed by atoms with Gasteiger partial charge in [0.05, 0.1) is 22.4 Å². The number of tetrazole rings is 1. The van der Waals surface area contributed by atoms with Gasteiger partial charge < -0.3 is 14.7 Å². The first-order valence-electron chi connectivity index (χ1n) is 11.6. The Labute approximate surface area is 195 Å². The lowest BCUT2D eigenvalue weighted by molar-refractivity contribution is -0.140. The average molecular weight is 467 g/mol. The van der Waals surface area contributed by atoms with Crippen LogP contribution in [-0.4, -0.2) is 89.0 Å². The molecule has 6 rings (SSSR count). The van der Waals surface area contributed by atoms with E-state index in [4.69, 9.17) is 4.74 Å². The number of esters is 1. The van der Waals surface area contributed by atoms with Crippen molar-refractivity contribution in [2.75, 3.05) is 19.7 Å². The molecule has 1 N–H and O–H groups in total. The van der Waals surface area contributed by atoms with Crippen LogP contribution in [-0.2, 0) is 14.3 Å². The Hall–Kier alpha value is -3.25. The number of hydrogen-bond acceptors (Lipinski definition) is 10. The molecule has 12 nitrogen and oxygen atoms in total. The lowest BCUT2D eigenvalue weighted by Crippen LogP contribution is -2.51. The third kappa shape index (κ3) is 3.31. The van der Waals surface area contributed by atoms with Crippen LogP contribution in [0.3, 0.4) is 0 Å². The molecule has 1 amide bonds. The van der Waals surface area contributed by atoms with Gasteiger partial charge in [0.2, 0.25) is 5.91 Å². The molecule has 2 bridgehead atoms. The highest BCUT2D eigenvalue weighted by atomic mass is 16.5. The first-order valence-corrected chi connectivity index (χ1v) is 11.6. The molecular formula is C22H26N8O4. The lowest BCUT2D eigenvalue weighted by Gasteiger charge is -2.44. The number of piperidine rings is 1. The number of aliphatic hydroxyl groups excluding tert-OH is 1. The number of aromatic nitrogens is 6. The number of ether oxygens (including phenoxy) is 1. The first kappa shape index (κ1) is 21.3. The topological polar surface area (TPSA) is 139 Å². The fourth-order valence-electron chi connectivity index (χ4n) is 6.14. The Morgan fingerprint density at radius 3 is 2.62 bits per heavy atom. The average Bonchev–Trinajstić information content (AvgIpc) is 3.60. The largest absolute Gasteiger partial charge is 0.456 e. The normalized spacial score (nSPS) is 30.0. The van der Waals surface area contributed by atoms with Gasteiger partial charge in [-0.1, -0.05) is 0 Å². The van der Waals surface area contributed by atoms with Crippen LogP contribution in [0.5, 0.6) is 0 Å². The number of aliphatic hydroxyl groups is 1. The summed E-state index contributed by atoms with van der Waals surface area (Å²) in [4.78, 5) is 29.5. The molecule has 3 saturated heterocycles. The van der Waals surface area contributed by atoms with Crippen molar-refractivity contribution in [3.8, 4) is 5.82 Å². The molecule has 12 heteroatoms. The quantitative estimate of drug-likeness (QED) is 0.606. The van der Waals surface area contributed by atoms with E-state index in [1.807, 2.05) is 0 Å². The number of fused-ring (bicyclic) bond motifs is 2. The molecule has 0 saturated carbocycles. The molecule has 4 aliphatic rings. The van der Waals surface area contributed by atoms with Crippen LogP contribution in [0.25, 0.3) is 5.82 Å². The summed E-state index contributed by atoms with van der Waals surface area (Å²) in [5.74, 6) is 0.271. The van der Waals surface area contributed by atoms with Crippen LogP contribution >= 0.6 is 0 Å². The molecule has 2 aromatic heterocycles. The molecule has 178 valence electrons. The van der Waals surface area contributed by atoms with Crippen LogP contribution in [0.4, 0.5) is 0 Å². The minimum atomic E-state index is -0.780. The van der Waals surface area contributed by atoms with Gasteiger partial charge in [0, 0.05) is 25.2 Å². The van der Waals surface area contributed by atoms with E-state index in [0.29, 0.717) is 30.2 Å². The van der Waals surface area contributed by atoms with E-state index in [2.05, 4.69) is 30.6 Å².